The summed E-state index contributed by atoms with van der Waals surface area (Å²) in [7, 11) is 0. The molecule has 0 fully saturated rings. The third kappa shape index (κ3) is 3.14. The number of aryl methyl sites for hydroxylation is 2. The van der Waals surface area contributed by atoms with Gasteiger partial charge in [0.25, 0.3) is 0 Å². The SMILES string of the molecule is CCc1ccccc1OCc1ccc(C#N)cc1C. The molecule has 0 saturated heterocycles. The van der Waals surface area contributed by atoms with E-state index in [0.717, 1.165) is 23.3 Å². The fraction of sp³-hybridized carbons (Fsp3) is 0.235. The van der Waals surface area contributed by atoms with Crippen molar-refractivity contribution < 1.29 is 4.74 Å². The van der Waals surface area contributed by atoms with Gasteiger partial charge in [-0.15, -0.1) is 0 Å². The molecule has 0 saturated carbocycles. The minimum Gasteiger partial charge on any atom is -0.489 e. The lowest BCUT2D eigenvalue weighted by atomic mass is 10.1. The molecule has 2 aromatic rings. The van der Waals surface area contributed by atoms with E-state index in [1.54, 1.807) is 0 Å². The van der Waals surface area contributed by atoms with Gasteiger partial charge in [0.05, 0.1) is 11.6 Å². The molecule has 0 aliphatic carbocycles. The lowest BCUT2D eigenvalue weighted by Gasteiger charge is -2.12. The van der Waals surface area contributed by atoms with Crippen LogP contribution in [0, 0.1) is 18.3 Å². The molecule has 19 heavy (non-hydrogen) atoms. The van der Waals surface area contributed by atoms with Crippen molar-refractivity contribution in [1.29, 1.82) is 5.26 Å². The summed E-state index contributed by atoms with van der Waals surface area (Å²) in [5, 5.41) is 8.85. The van der Waals surface area contributed by atoms with E-state index in [2.05, 4.69) is 19.1 Å². The molecule has 0 N–H and O–H groups in total. The Kier molecular flexibility index (Phi) is 4.20. The van der Waals surface area contributed by atoms with Crippen LogP contribution in [0.25, 0.3) is 0 Å². The molecule has 96 valence electrons. The van der Waals surface area contributed by atoms with Gasteiger partial charge in [-0.3, -0.25) is 0 Å². The third-order valence-electron chi connectivity index (χ3n) is 3.21. The molecule has 0 aliphatic rings. The summed E-state index contributed by atoms with van der Waals surface area (Å²) in [6.45, 7) is 4.66. The first-order valence-electron chi connectivity index (χ1n) is 6.45. The molecule has 0 amide bonds. The second kappa shape index (κ2) is 6.06. The number of benzene rings is 2. The Bertz CT molecular complexity index is 611. The Hall–Kier alpha value is -2.27. The van der Waals surface area contributed by atoms with Crippen LogP contribution in [0.1, 0.15) is 29.2 Å². The zero-order chi connectivity index (χ0) is 13.7. The first-order chi connectivity index (χ1) is 9.24. The number of ether oxygens (including phenoxy) is 1. The Morgan fingerprint density at radius 1 is 1.11 bits per heavy atom. The average Bonchev–Trinajstić information content (AvgIpc) is 2.46. The molecule has 2 rings (SSSR count). The number of nitrogens with zero attached hydrogens (tertiary/aromatic N) is 1. The molecule has 0 radical (unpaired) electrons. The van der Waals surface area contributed by atoms with Crippen LogP contribution < -0.4 is 4.74 Å². The van der Waals surface area contributed by atoms with Crippen molar-refractivity contribution in [2.75, 3.05) is 0 Å². The highest BCUT2D eigenvalue weighted by atomic mass is 16.5. The minimum absolute atomic E-state index is 0.536. The van der Waals surface area contributed by atoms with E-state index in [1.165, 1.54) is 5.56 Å². The standard InChI is InChI=1S/C17H17NO/c1-3-15-6-4-5-7-17(15)19-12-16-9-8-14(11-18)10-13(16)2/h4-10H,3,12H2,1-2H3. The average molecular weight is 251 g/mol. The number of nitriles is 1. The van der Waals surface area contributed by atoms with Crippen molar-refractivity contribution in [2.24, 2.45) is 0 Å². The van der Waals surface area contributed by atoms with Gasteiger partial charge >= 0.3 is 0 Å². The summed E-state index contributed by atoms with van der Waals surface area (Å²) in [4.78, 5) is 0. The quantitative estimate of drug-likeness (QED) is 0.822. The molecule has 0 heterocycles. The molecule has 0 atom stereocenters. The van der Waals surface area contributed by atoms with Crippen molar-refractivity contribution in [3.05, 3.63) is 64.7 Å². The van der Waals surface area contributed by atoms with Gasteiger partial charge in [0.2, 0.25) is 0 Å². The predicted octanol–water partition coefficient (Wildman–Crippen LogP) is 4.01. The minimum atomic E-state index is 0.536. The molecule has 0 bridgehead atoms. The van der Waals surface area contributed by atoms with Crippen molar-refractivity contribution >= 4 is 0 Å². The lowest BCUT2D eigenvalue weighted by Crippen LogP contribution is -2.00. The normalized spacial score (nSPS) is 9.95. The van der Waals surface area contributed by atoms with Gasteiger partial charge in [-0.2, -0.15) is 5.26 Å². The highest BCUT2D eigenvalue weighted by Gasteiger charge is 2.04. The van der Waals surface area contributed by atoms with Gasteiger partial charge < -0.3 is 4.74 Å². The summed E-state index contributed by atoms with van der Waals surface area (Å²) < 4.78 is 5.89. The van der Waals surface area contributed by atoms with E-state index >= 15 is 0 Å². The van der Waals surface area contributed by atoms with Crippen LogP contribution in [-0.4, -0.2) is 0 Å². The molecular weight excluding hydrogens is 234 g/mol. The highest BCUT2D eigenvalue weighted by Crippen LogP contribution is 2.20. The zero-order valence-electron chi connectivity index (χ0n) is 11.3. The Morgan fingerprint density at radius 2 is 1.89 bits per heavy atom. The van der Waals surface area contributed by atoms with Gasteiger partial charge in [0, 0.05) is 0 Å². The number of rotatable bonds is 4. The van der Waals surface area contributed by atoms with Crippen molar-refractivity contribution in [3.8, 4) is 11.8 Å². The van der Waals surface area contributed by atoms with E-state index in [4.69, 9.17) is 10.00 Å². The molecule has 0 spiro atoms. The second-order valence-corrected chi connectivity index (χ2v) is 4.50. The van der Waals surface area contributed by atoms with E-state index in [1.807, 2.05) is 43.3 Å². The molecule has 2 nitrogen and oxygen atoms in total. The van der Waals surface area contributed by atoms with E-state index < -0.39 is 0 Å². The van der Waals surface area contributed by atoms with Crippen LogP contribution in [0.2, 0.25) is 0 Å². The first kappa shape index (κ1) is 13.2. The van der Waals surface area contributed by atoms with E-state index in [9.17, 15) is 0 Å². The van der Waals surface area contributed by atoms with Gasteiger partial charge in [0.1, 0.15) is 12.4 Å². The molecule has 0 unspecified atom stereocenters. The van der Waals surface area contributed by atoms with Crippen LogP contribution in [0.3, 0.4) is 0 Å². The summed E-state index contributed by atoms with van der Waals surface area (Å²) in [5.74, 6) is 0.939. The first-order valence-corrected chi connectivity index (χ1v) is 6.45. The van der Waals surface area contributed by atoms with E-state index in [-0.39, 0.29) is 0 Å². The topological polar surface area (TPSA) is 33.0 Å². The van der Waals surface area contributed by atoms with Crippen LogP contribution in [0.15, 0.2) is 42.5 Å². The van der Waals surface area contributed by atoms with Gasteiger partial charge in [-0.25, -0.2) is 0 Å². The molecule has 0 aromatic heterocycles. The maximum Gasteiger partial charge on any atom is 0.122 e. The largest absolute Gasteiger partial charge is 0.489 e. The van der Waals surface area contributed by atoms with Crippen molar-refractivity contribution in [3.63, 3.8) is 0 Å². The summed E-state index contributed by atoms with van der Waals surface area (Å²) in [6, 6.07) is 15.9. The van der Waals surface area contributed by atoms with Gasteiger partial charge in [0.15, 0.2) is 0 Å². The molecule has 2 aromatic carbocycles. The monoisotopic (exact) mass is 251 g/mol. The maximum atomic E-state index is 8.85. The predicted molar refractivity (Wildman–Crippen MR) is 76.0 cm³/mol. The highest BCUT2D eigenvalue weighted by molar-refractivity contribution is 5.38. The van der Waals surface area contributed by atoms with Crippen LogP contribution >= 0.6 is 0 Å². The summed E-state index contributed by atoms with van der Waals surface area (Å²) >= 11 is 0. The Labute approximate surface area is 114 Å². The van der Waals surface area contributed by atoms with Crippen molar-refractivity contribution in [1.82, 2.24) is 0 Å². The van der Waals surface area contributed by atoms with E-state index in [0.29, 0.717) is 12.2 Å². The second-order valence-electron chi connectivity index (χ2n) is 4.50. The number of hydrogen-bond donors (Lipinski definition) is 0. The van der Waals surface area contributed by atoms with Crippen LogP contribution in [0.4, 0.5) is 0 Å². The zero-order valence-corrected chi connectivity index (χ0v) is 11.3. The maximum absolute atomic E-state index is 8.85. The molecule has 2 heteroatoms. The summed E-state index contributed by atoms with van der Waals surface area (Å²) in [5.41, 5.74) is 4.11. The van der Waals surface area contributed by atoms with Gasteiger partial charge in [-0.1, -0.05) is 31.2 Å². The third-order valence-corrected chi connectivity index (χ3v) is 3.21. The number of para-hydroxylation sites is 1. The van der Waals surface area contributed by atoms with Crippen molar-refractivity contribution in [2.45, 2.75) is 26.9 Å². The molecule has 0 aliphatic heterocycles. The van der Waals surface area contributed by atoms with Crippen LogP contribution in [-0.2, 0) is 13.0 Å². The Morgan fingerprint density at radius 3 is 2.58 bits per heavy atom. The summed E-state index contributed by atoms with van der Waals surface area (Å²) in [6.07, 6.45) is 0.961. The van der Waals surface area contributed by atoms with Crippen LogP contribution in [0.5, 0.6) is 5.75 Å². The van der Waals surface area contributed by atoms with Gasteiger partial charge in [-0.05, 0) is 48.2 Å². The lowest BCUT2D eigenvalue weighted by molar-refractivity contribution is 0.302. The Balaban J connectivity index is 2.13. The fourth-order valence-corrected chi connectivity index (χ4v) is 2.02. The number of hydrogen-bond acceptors (Lipinski definition) is 2. The molecular formula is C17H17NO. The fourth-order valence-electron chi connectivity index (χ4n) is 2.02. The smallest absolute Gasteiger partial charge is 0.122 e.